The average molecular weight is 360 g/mol. The van der Waals surface area contributed by atoms with Crippen LogP contribution in [-0.4, -0.2) is 6.61 Å². The molecule has 0 saturated carbocycles. The van der Waals surface area contributed by atoms with E-state index in [0.717, 1.165) is 21.3 Å². The van der Waals surface area contributed by atoms with Crippen LogP contribution in [0.2, 0.25) is 5.02 Å². The molecule has 0 radical (unpaired) electrons. The summed E-state index contributed by atoms with van der Waals surface area (Å²) in [5.41, 5.74) is 1.94. The quantitative estimate of drug-likeness (QED) is 0.624. The lowest BCUT2D eigenvalue weighted by molar-refractivity contribution is 0.337. The first kappa shape index (κ1) is 14.7. The van der Waals surface area contributed by atoms with Gasteiger partial charge < -0.3 is 4.74 Å². The Kier molecular flexibility index (Phi) is 5.14. The highest BCUT2D eigenvalue weighted by atomic mass is 79.9. The van der Waals surface area contributed by atoms with Crippen LogP contribution >= 0.6 is 39.1 Å². The van der Waals surface area contributed by atoms with Gasteiger partial charge in [0.05, 0.1) is 12.0 Å². The fourth-order valence-corrected chi connectivity index (χ4v) is 2.64. The minimum atomic E-state index is -0.267. The van der Waals surface area contributed by atoms with Gasteiger partial charge in [-0.2, -0.15) is 0 Å². The summed E-state index contributed by atoms with van der Waals surface area (Å²) < 4.78 is 6.60. The Morgan fingerprint density at radius 3 is 2.47 bits per heavy atom. The van der Waals surface area contributed by atoms with Crippen LogP contribution in [0.4, 0.5) is 0 Å². The first-order valence-electron chi connectivity index (χ1n) is 5.93. The maximum absolute atomic E-state index is 6.55. The summed E-state index contributed by atoms with van der Waals surface area (Å²) in [7, 11) is 0. The van der Waals surface area contributed by atoms with Crippen molar-refractivity contribution in [1.29, 1.82) is 0 Å². The van der Waals surface area contributed by atoms with E-state index in [1.807, 2.05) is 49.4 Å². The van der Waals surface area contributed by atoms with E-state index in [1.54, 1.807) is 0 Å². The van der Waals surface area contributed by atoms with E-state index in [0.29, 0.717) is 11.6 Å². The first-order valence-corrected chi connectivity index (χ1v) is 7.54. The van der Waals surface area contributed by atoms with E-state index in [9.17, 15) is 0 Å². The molecule has 1 unspecified atom stereocenters. The van der Waals surface area contributed by atoms with Crippen LogP contribution in [0.5, 0.6) is 5.75 Å². The van der Waals surface area contributed by atoms with Gasteiger partial charge in [0, 0.05) is 15.1 Å². The molecule has 0 N–H and O–H groups in total. The number of hydrogen-bond donors (Lipinski definition) is 0. The molecule has 1 nitrogen and oxygen atoms in total. The molecule has 0 aromatic heterocycles. The van der Waals surface area contributed by atoms with Crippen molar-refractivity contribution in [3.05, 3.63) is 63.1 Å². The van der Waals surface area contributed by atoms with Crippen molar-refractivity contribution >= 4 is 39.1 Å². The third-order valence-electron chi connectivity index (χ3n) is 2.71. The molecule has 0 saturated heterocycles. The van der Waals surface area contributed by atoms with Crippen LogP contribution in [0.25, 0.3) is 0 Å². The highest BCUT2D eigenvalue weighted by molar-refractivity contribution is 9.10. The monoisotopic (exact) mass is 358 g/mol. The molecule has 19 heavy (non-hydrogen) atoms. The zero-order valence-corrected chi connectivity index (χ0v) is 13.5. The Morgan fingerprint density at radius 1 is 1.16 bits per heavy atom. The molecule has 0 spiro atoms. The zero-order chi connectivity index (χ0) is 13.8. The molecule has 0 bridgehead atoms. The Morgan fingerprint density at radius 2 is 1.84 bits per heavy atom. The normalized spacial score (nSPS) is 12.2. The van der Waals surface area contributed by atoms with Crippen molar-refractivity contribution in [1.82, 2.24) is 0 Å². The lowest BCUT2D eigenvalue weighted by Gasteiger charge is -2.16. The van der Waals surface area contributed by atoms with E-state index in [-0.39, 0.29) is 5.38 Å². The van der Waals surface area contributed by atoms with Gasteiger partial charge in [-0.25, -0.2) is 0 Å². The van der Waals surface area contributed by atoms with Gasteiger partial charge in [0.2, 0.25) is 0 Å². The second kappa shape index (κ2) is 6.65. The smallest absolute Gasteiger partial charge is 0.124 e. The Balaban J connectivity index is 2.39. The number of ether oxygens (including phenoxy) is 1. The summed E-state index contributed by atoms with van der Waals surface area (Å²) in [5, 5.41) is 0.434. The van der Waals surface area contributed by atoms with Crippen molar-refractivity contribution in [2.75, 3.05) is 6.61 Å². The van der Waals surface area contributed by atoms with Crippen LogP contribution in [0.3, 0.4) is 0 Å². The molecular weight excluding hydrogens is 347 g/mol. The Labute approximate surface area is 131 Å². The molecule has 4 heteroatoms. The van der Waals surface area contributed by atoms with E-state index < -0.39 is 0 Å². The number of rotatable bonds is 4. The largest absolute Gasteiger partial charge is 0.494 e. The second-order valence-corrected chi connectivity index (χ2v) is 5.82. The topological polar surface area (TPSA) is 9.23 Å². The molecule has 0 aliphatic rings. The van der Waals surface area contributed by atoms with E-state index in [1.165, 1.54) is 0 Å². The van der Waals surface area contributed by atoms with Crippen LogP contribution in [0.1, 0.15) is 23.4 Å². The lowest BCUT2D eigenvalue weighted by atomic mass is 10.0. The minimum absolute atomic E-state index is 0.267. The average Bonchev–Trinajstić information content (AvgIpc) is 2.41. The summed E-state index contributed by atoms with van der Waals surface area (Å²) in [6, 6.07) is 13.4. The molecule has 2 rings (SSSR count). The Bertz CT molecular complexity index is 555. The van der Waals surface area contributed by atoms with Crippen molar-refractivity contribution < 1.29 is 4.74 Å². The van der Waals surface area contributed by atoms with E-state index in [4.69, 9.17) is 27.9 Å². The van der Waals surface area contributed by atoms with Crippen LogP contribution < -0.4 is 4.74 Å². The molecule has 100 valence electrons. The lowest BCUT2D eigenvalue weighted by Crippen LogP contribution is -2.00. The molecule has 0 amide bonds. The zero-order valence-electron chi connectivity index (χ0n) is 10.4. The molecule has 0 heterocycles. The van der Waals surface area contributed by atoms with E-state index >= 15 is 0 Å². The third-order valence-corrected chi connectivity index (χ3v) is 3.94. The third kappa shape index (κ3) is 3.65. The van der Waals surface area contributed by atoms with Gasteiger partial charge in [-0.05, 0) is 42.8 Å². The van der Waals surface area contributed by atoms with Gasteiger partial charge >= 0.3 is 0 Å². The van der Waals surface area contributed by atoms with Gasteiger partial charge in [-0.15, -0.1) is 11.6 Å². The van der Waals surface area contributed by atoms with Gasteiger partial charge in [-0.1, -0.05) is 39.7 Å². The predicted octanol–water partition coefficient (Wildman–Crippen LogP) is 5.83. The van der Waals surface area contributed by atoms with Crippen molar-refractivity contribution in [3.63, 3.8) is 0 Å². The number of halogens is 3. The van der Waals surface area contributed by atoms with Crippen molar-refractivity contribution in [2.45, 2.75) is 12.3 Å². The molecule has 2 aromatic rings. The van der Waals surface area contributed by atoms with Gasteiger partial charge in [0.1, 0.15) is 5.75 Å². The fraction of sp³-hybridized carbons (Fsp3) is 0.200. The number of hydrogen-bond acceptors (Lipinski definition) is 1. The molecule has 1 atom stereocenters. The van der Waals surface area contributed by atoms with Crippen molar-refractivity contribution in [3.8, 4) is 5.75 Å². The maximum atomic E-state index is 6.55. The Hall–Kier alpha value is -0.700. The molecule has 0 aliphatic carbocycles. The summed E-state index contributed by atoms with van der Waals surface area (Å²) in [4.78, 5) is 0. The SMILES string of the molecule is CCOc1ccc(Br)cc1C(Cl)c1ccc(Cl)cc1. The van der Waals surface area contributed by atoms with Crippen LogP contribution in [0, 0.1) is 0 Å². The fourth-order valence-electron chi connectivity index (χ4n) is 1.82. The molecule has 0 fully saturated rings. The summed E-state index contributed by atoms with van der Waals surface area (Å²) in [5.74, 6) is 0.806. The summed E-state index contributed by atoms with van der Waals surface area (Å²) in [6.45, 7) is 2.57. The standard InChI is InChI=1S/C15H13BrCl2O/c1-2-19-14-8-5-11(16)9-13(14)15(18)10-3-6-12(17)7-4-10/h3-9,15H,2H2,1H3. The molecule has 2 aromatic carbocycles. The van der Waals surface area contributed by atoms with Crippen LogP contribution in [0.15, 0.2) is 46.9 Å². The second-order valence-electron chi connectivity index (χ2n) is 4.03. The van der Waals surface area contributed by atoms with Crippen molar-refractivity contribution in [2.24, 2.45) is 0 Å². The maximum Gasteiger partial charge on any atom is 0.124 e. The minimum Gasteiger partial charge on any atom is -0.494 e. The number of benzene rings is 2. The highest BCUT2D eigenvalue weighted by Crippen LogP contribution is 2.37. The van der Waals surface area contributed by atoms with Crippen LogP contribution in [-0.2, 0) is 0 Å². The van der Waals surface area contributed by atoms with Gasteiger partial charge in [-0.3, -0.25) is 0 Å². The number of alkyl halides is 1. The van der Waals surface area contributed by atoms with E-state index in [2.05, 4.69) is 15.9 Å². The summed E-state index contributed by atoms with van der Waals surface area (Å²) in [6.07, 6.45) is 0. The molecule has 0 aliphatic heterocycles. The van der Waals surface area contributed by atoms with Gasteiger partial charge in [0.25, 0.3) is 0 Å². The first-order chi connectivity index (χ1) is 9.11. The molecular formula is C15H13BrCl2O. The van der Waals surface area contributed by atoms with Gasteiger partial charge in [0.15, 0.2) is 0 Å². The predicted molar refractivity (Wildman–Crippen MR) is 84.5 cm³/mol. The highest BCUT2D eigenvalue weighted by Gasteiger charge is 2.16. The summed E-state index contributed by atoms with van der Waals surface area (Å²) >= 11 is 15.9.